The van der Waals surface area contributed by atoms with Gasteiger partial charge in [-0.3, -0.25) is 37.3 Å². The van der Waals surface area contributed by atoms with E-state index in [1.165, 1.54) is 257 Å². The van der Waals surface area contributed by atoms with Crippen molar-refractivity contribution >= 4 is 39.5 Å². The molecule has 0 aromatic rings. The zero-order chi connectivity index (χ0) is 74.9. The van der Waals surface area contributed by atoms with Gasteiger partial charge in [0.05, 0.1) is 26.4 Å². The summed E-state index contributed by atoms with van der Waals surface area (Å²) in [5, 5.41) is 10.7. The molecule has 0 spiro atoms. The summed E-state index contributed by atoms with van der Waals surface area (Å²) in [5.41, 5.74) is 0. The normalized spacial score (nSPS) is 13.9. The van der Waals surface area contributed by atoms with Gasteiger partial charge in [0.25, 0.3) is 0 Å². The molecule has 3 N–H and O–H groups in total. The quantitative estimate of drug-likeness (QED) is 0.0222. The molecule has 0 bridgehead atoms. The molecule has 0 amide bonds. The first-order valence-electron chi connectivity index (χ1n) is 43.0. The molecule has 0 aromatic heterocycles. The third-order valence-electron chi connectivity index (χ3n) is 19.5. The molecule has 0 aliphatic heterocycles. The van der Waals surface area contributed by atoms with E-state index in [-0.39, 0.29) is 25.7 Å². The highest BCUT2D eigenvalue weighted by Crippen LogP contribution is 2.45. The molecule has 0 saturated heterocycles. The second kappa shape index (κ2) is 74.5. The molecule has 606 valence electrons. The van der Waals surface area contributed by atoms with Gasteiger partial charge in [-0.1, -0.05) is 388 Å². The van der Waals surface area contributed by atoms with Gasteiger partial charge in [-0.2, -0.15) is 0 Å². The van der Waals surface area contributed by atoms with Crippen LogP contribution in [0.5, 0.6) is 0 Å². The Hall–Kier alpha value is -1.94. The molecule has 17 nitrogen and oxygen atoms in total. The molecule has 102 heavy (non-hydrogen) atoms. The first-order chi connectivity index (χ1) is 49.4. The van der Waals surface area contributed by atoms with E-state index in [2.05, 4.69) is 41.5 Å². The number of phosphoric acid groups is 2. The first-order valence-corrected chi connectivity index (χ1v) is 46.0. The molecule has 0 fully saturated rings. The highest BCUT2D eigenvalue weighted by molar-refractivity contribution is 7.47. The summed E-state index contributed by atoms with van der Waals surface area (Å²) in [6, 6.07) is 0. The third kappa shape index (κ3) is 76.3. The molecule has 0 radical (unpaired) electrons. The summed E-state index contributed by atoms with van der Waals surface area (Å²) in [5.74, 6) is -0.539. The molecule has 5 atom stereocenters. The second-order valence-corrected chi connectivity index (χ2v) is 33.7. The number of carbonyl (C=O) groups excluding carboxylic acids is 4. The van der Waals surface area contributed by atoms with Crippen LogP contribution < -0.4 is 0 Å². The van der Waals surface area contributed by atoms with Crippen LogP contribution in [0.1, 0.15) is 440 Å². The Morgan fingerprint density at radius 2 is 0.451 bits per heavy atom. The van der Waals surface area contributed by atoms with Gasteiger partial charge in [0.15, 0.2) is 12.2 Å². The Morgan fingerprint density at radius 3 is 0.667 bits per heavy atom. The van der Waals surface area contributed by atoms with Crippen molar-refractivity contribution in [3.63, 3.8) is 0 Å². The zero-order valence-corrected chi connectivity index (χ0v) is 68.7. The number of carbonyl (C=O) groups is 4. The minimum atomic E-state index is -4.96. The number of esters is 4. The topological polar surface area (TPSA) is 237 Å². The number of rotatable bonds is 82. The molecule has 2 unspecified atom stereocenters. The molecular weight excluding hydrogens is 1330 g/mol. The number of aliphatic hydroxyl groups is 1. The first kappa shape index (κ1) is 100. The molecule has 0 saturated carbocycles. The number of hydrogen-bond acceptors (Lipinski definition) is 15. The zero-order valence-electron chi connectivity index (χ0n) is 66.9. The van der Waals surface area contributed by atoms with E-state index in [0.29, 0.717) is 25.7 Å². The van der Waals surface area contributed by atoms with Crippen molar-refractivity contribution in [3.05, 3.63) is 0 Å². The molecule has 0 aliphatic rings. The summed E-state index contributed by atoms with van der Waals surface area (Å²) in [7, 11) is -9.92. The van der Waals surface area contributed by atoms with Crippen molar-refractivity contribution in [2.75, 3.05) is 39.6 Å². The van der Waals surface area contributed by atoms with E-state index in [9.17, 15) is 43.2 Å². The Labute approximate surface area is 626 Å². The predicted molar refractivity (Wildman–Crippen MR) is 418 cm³/mol. The maximum Gasteiger partial charge on any atom is 0.472 e. The van der Waals surface area contributed by atoms with Crippen molar-refractivity contribution in [1.82, 2.24) is 0 Å². The highest BCUT2D eigenvalue weighted by Gasteiger charge is 2.30. The maximum absolute atomic E-state index is 13.1. The Balaban J connectivity index is 5.26. The third-order valence-corrected chi connectivity index (χ3v) is 21.4. The van der Waals surface area contributed by atoms with E-state index >= 15 is 0 Å². The lowest BCUT2D eigenvalue weighted by Crippen LogP contribution is -2.30. The second-order valence-electron chi connectivity index (χ2n) is 30.8. The smallest absolute Gasteiger partial charge is 0.462 e. The largest absolute Gasteiger partial charge is 0.472 e. The van der Waals surface area contributed by atoms with Gasteiger partial charge >= 0.3 is 39.5 Å². The fourth-order valence-electron chi connectivity index (χ4n) is 12.9. The van der Waals surface area contributed by atoms with Gasteiger partial charge in [-0.05, 0) is 37.5 Å². The minimum absolute atomic E-state index is 0.107. The van der Waals surface area contributed by atoms with E-state index in [1.807, 2.05) is 0 Å². The van der Waals surface area contributed by atoms with Crippen LogP contribution >= 0.6 is 15.6 Å². The van der Waals surface area contributed by atoms with Crippen LogP contribution in [0.2, 0.25) is 0 Å². The number of aliphatic hydroxyl groups excluding tert-OH is 1. The molecule has 0 heterocycles. The molecular formula is C83H162O17P2. The highest BCUT2D eigenvalue weighted by atomic mass is 31.2. The maximum atomic E-state index is 13.1. The van der Waals surface area contributed by atoms with E-state index in [4.69, 9.17) is 37.0 Å². The number of unbranched alkanes of at least 4 members (excludes halogenated alkanes) is 52. The SMILES string of the molecule is CCCCCCCCCCCCCCCCCCCCCC(=O)O[C@H](COC(=O)CCCCCCCCCCCCCCCCC(C)C)COP(=O)(O)OC[C@@H](O)COP(=O)(O)OC[C@@H](COC(=O)CCCCCCCCCCCCCC)OC(=O)CCCCCCCCCCCCCC(C)C. The number of hydrogen-bond donors (Lipinski definition) is 3. The average molecular weight is 1490 g/mol. The van der Waals surface area contributed by atoms with Crippen molar-refractivity contribution in [3.8, 4) is 0 Å². The van der Waals surface area contributed by atoms with Gasteiger partial charge in [0.1, 0.15) is 19.3 Å². The molecule has 0 aromatic carbocycles. The van der Waals surface area contributed by atoms with Crippen molar-refractivity contribution in [2.24, 2.45) is 11.8 Å². The van der Waals surface area contributed by atoms with E-state index in [1.54, 1.807) is 0 Å². The van der Waals surface area contributed by atoms with Crippen LogP contribution in [0.3, 0.4) is 0 Å². The summed E-state index contributed by atoms with van der Waals surface area (Å²) in [4.78, 5) is 73.1. The number of ether oxygens (including phenoxy) is 4. The number of phosphoric ester groups is 2. The fraction of sp³-hybridized carbons (Fsp3) is 0.952. The van der Waals surface area contributed by atoms with Crippen LogP contribution in [0.25, 0.3) is 0 Å². The Kier molecular flexibility index (Phi) is 73.1. The van der Waals surface area contributed by atoms with Gasteiger partial charge in [0, 0.05) is 25.7 Å². The monoisotopic (exact) mass is 1490 g/mol. The molecule has 0 rings (SSSR count). The standard InChI is InChI=1S/C83H162O17P2/c1-7-9-11-13-15-17-19-21-22-23-24-25-26-31-37-43-49-55-61-67-82(87)99-78(72-94-81(86)66-60-54-48-42-36-30-28-27-29-33-39-45-51-57-63-75(3)4)73-97-101(89,90)95-69-77(84)70-96-102(91,92)98-74-79(71-93-80(85)65-59-53-47-41-35-20-18-16-14-12-10-8-2)100-83(88)68-62-56-50-44-38-32-34-40-46-52-58-64-76(5)6/h75-79,84H,7-74H2,1-6H3,(H,89,90)(H,91,92)/t77-,78-,79-/m1/s1. The van der Waals surface area contributed by atoms with Crippen molar-refractivity contribution < 1.29 is 80.2 Å². The summed E-state index contributed by atoms with van der Waals surface area (Å²) in [6.45, 7) is 9.68. The van der Waals surface area contributed by atoms with Gasteiger partial charge in [-0.25, -0.2) is 9.13 Å². The molecule has 19 heteroatoms. The van der Waals surface area contributed by atoms with Crippen LogP contribution in [0, 0.1) is 11.8 Å². The van der Waals surface area contributed by atoms with Crippen LogP contribution in [-0.4, -0.2) is 96.7 Å². The lowest BCUT2D eigenvalue weighted by Gasteiger charge is -2.21. The van der Waals surface area contributed by atoms with Crippen LogP contribution in [0.4, 0.5) is 0 Å². The predicted octanol–water partition coefficient (Wildman–Crippen LogP) is 25.1. The summed E-state index contributed by atoms with van der Waals surface area (Å²) >= 11 is 0. The lowest BCUT2D eigenvalue weighted by atomic mass is 10.0. The van der Waals surface area contributed by atoms with Crippen LogP contribution in [0.15, 0.2) is 0 Å². The average Bonchev–Trinajstić information content (AvgIpc) is 0.909. The Bertz CT molecular complexity index is 1960. The fourth-order valence-corrected chi connectivity index (χ4v) is 14.5. The minimum Gasteiger partial charge on any atom is -0.462 e. The summed E-state index contributed by atoms with van der Waals surface area (Å²) in [6.07, 6.45) is 65.1. The van der Waals surface area contributed by atoms with Crippen LogP contribution in [-0.2, 0) is 65.4 Å². The van der Waals surface area contributed by atoms with E-state index in [0.717, 1.165) is 102 Å². The van der Waals surface area contributed by atoms with E-state index < -0.39 is 97.5 Å². The summed E-state index contributed by atoms with van der Waals surface area (Å²) < 4.78 is 68.8. The lowest BCUT2D eigenvalue weighted by molar-refractivity contribution is -0.161. The van der Waals surface area contributed by atoms with Crippen molar-refractivity contribution in [2.45, 2.75) is 458 Å². The molecule has 0 aliphatic carbocycles. The Morgan fingerprint density at radius 1 is 0.265 bits per heavy atom. The van der Waals surface area contributed by atoms with Gasteiger partial charge in [-0.15, -0.1) is 0 Å². The van der Waals surface area contributed by atoms with Gasteiger partial charge < -0.3 is 33.8 Å². The van der Waals surface area contributed by atoms with Gasteiger partial charge in [0.2, 0.25) is 0 Å². The van der Waals surface area contributed by atoms with Crippen molar-refractivity contribution in [1.29, 1.82) is 0 Å².